The normalized spacial score (nSPS) is 18.8. The van der Waals surface area contributed by atoms with Crippen LogP contribution >= 0.6 is 11.8 Å². The second-order valence-corrected chi connectivity index (χ2v) is 9.16. The molecule has 2 heterocycles. The third-order valence-electron chi connectivity index (χ3n) is 5.67. The molecule has 3 atom stereocenters. The van der Waals surface area contributed by atoms with Crippen molar-refractivity contribution in [3.05, 3.63) is 54.1 Å². The summed E-state index contributed by atoms with van der Waals surface area (Å²) in [5.74, 6) is 1.13. The molecule has 7 nitrogen and oxygen atoms in total. The summed E-state index contributed by atoms with van der Waals surface area (Å²) in [6, 6.07) is 14.4. The van der Waals surface area contributed by atoms with Crippen molar-refractivity contribution in [1.82, 2.24) is 4.90 Å². The summed E-state index contributed by atoms with van der Waals surface area (Å²) in [7, 11) is 1.58. The first-order valence-electron chi connectivity index (χ1n) is 10.6. The van der Waals surface area contributed by atoms with Crippen molar-refractivity contribution in [2.24, 2.45) is 15.9 Å². The third-order valence-corrected chi connectivity index (χ3v) is 6.72. The zero-order valence-corrected chi connectivity index (χ0v) is 19.3. The molecule has 0 saturated heterocycles. The van der Waals surface area contributed by atoms with Gasteiger partial charge in [-0.1, -0.05) is 50.2 Å². The number of hydrogen-bond donors (Lipinski definition) is 1. The van der Waals surface area contributed by atoms with Gasteiger partial charge in [-0.05, 0) is 37.1 Å². The van der Waals surface area contributed by atoms with E-state index < -0.39 is 11.3 Å². The smallest absolute Gasteiger partial charge is 0.259 e. The minimum atomic E-state index is -0.484. The number of rotatable bonds is 6. The Morgan fingerprint density at radius 1 is 1.22 bits per heavy atom. The van der Waals surface area contributed by atoms with Crippen LogP contribution < -0.4 is 10.1 Å². The third kappa shape index (κ3) is 4.14. The van der Waals surface area contributed by atoms with Gasteiger partial charge in [0, 0.05) is 17.3 Å². The molecule has 8 heteroatoms. The zero-order valence-electron chi connectivity index (χ0n) is 18.5. The van der Waals surface area contributed by atoms with Gasteiger partial charge in [0.15, 0.2) is 5.17 Å². The number of methoxy groups -OCH3 is 1. The van der Waals surface area contributed by atoms with Crippen LogP contribution in [0.4, 0.5) is 11.4 Å². The summed E-state index contributed by atoms with van der Waals surface area (Å²) >= 11 is 1.25. The molecule has 2 aromatic carbocycles. The maximum absolute atomic E-state index is 13.3. The molecule has 0 fully saturated rings. The first kappa shape index (κ1) is 22.1. The van der Waals surface area contributed by atoms with E-state index in [1.54, 1.807) is 31.1 Å². The number of nitrogens with zero attached hydrogens (tertiary/aromatic N) is 3. The Bertz CT molecular complexity index is 1110. The van der Waals surface area contributed by atoms with Gasteiger partial charge in [0.25, 0.3) is 5.91 Å². The Balaban J connectivity index is 1.59. The van der Waals surface area contributed by atoms with E-state index in [0.717, 1.165) is 17.7 Å². The Morgan fingerprint density at radius 2 is 2.00 bits per heavy atom. The molecule has 32 heavy (non-hydrogen) atoms. The SMILES string of the molecule is CCC(C)C1N=C2c3ccccc3N=C(SC(C)C(=O)Nc3cccc(OC)c3)N2C1=O. The number of amides is 2. The Hall–Kier alpha value is -3.13. The van der Waals surface area contributed by atoms with Gasteiger partial charge < -0.3 is 10.1 Å². The number of nitrogens with one attached hydrogen (secondary N) is 1. The fourth-order valence-electron chi connectivity index (χ4n) is 3.60. The molecular formula is C24H26N4O3S. The predicted molar refractivity (Wildman–Crippen MR) is 129 cm³/mol. The topological polar surface area (TPSA) is 83.4 Å². The van der Waals surface area contributed by atoms with E-state index in [2.05, 4.69) is 12.2 Å². The van der Waals surface area contributed by atoms with Crippen LogP contribution in [0.1, 0.15) is 32.8 Å². The lowest BCUT2D eigenvalue weighted by molar-refractivity contribution is -0.125. The fraction of sp³-hybridized carbons (Fsp3) is 0.333. The lowest BCUT2D eigenvalue weighted by atomic mass is 10.00. The monoisotopic (exact) mass is 450 g/mol. The van der Waals surface area contributed by atoms with Crippen molar-refractivity contribution in [2.75, 3.05) is 12.4 Å². The number of thioether (sulfide) groups is 1. The maximum Gasteiger partial charge on any atom is 0.259 e. The Morgan fingerprint density at radius 3 is 2.75 bits per heavy atom. The number of aliphatic imine (C=N–C) groups is 2. The zero-order chi connectivity index (χ0) is 22.8. The van der Waals surface area contributed by atoms with E-state index >= 15 is 0 Å². The van der Waals surface area contributed by atoms with Crippen LogP contribution in [0.25, 0.3) is 0 Å². The number of hydrogen-bond acceptors (Lipinski definition) is 6. The highest BCUT2D eigenvalue weighted by Gasteiger charge is 2.43. The lowest BCUT2D eigenvalue weighted by Gasteiger charge is -2.27. The predicted octanol–water partition coefficient (Wildman–Crippen LogP) is 4.46. The molecule has 2 amide bonds. The van der Waals surface area contributed by atoms with E-state index in [4.69, 9.17) is 14.7 Å². The van der Waals surface area contributed by atoms with Gasteiger partial charge in [-0.2, -0.15) is 0 Å². The maximum atomic E-state index is 13.3. The van der Waals surface area contributed by atoms with Gasteiger partial charge in [0.1, 0.15) is 17.6 Å². The molecule has 0 spiro atoms. The Kier molecular flexibility index (Phi) is 6.32. The highest BCUT2D eigenvalue weighted by Crippen LogP contribution is 2.36. The summed E-state index contributed by atoms with van der Waals surface area (Å²) in [6.07, 6.45) is 0.849. The lowest BCUT2D eigenvalue weighted by Crippen LogP contribution is -2.43. The van der Waals surface area contributed by atoms with E-state index in [9.17, 15) is 9.59 Å². The summed E-state index contributed by atoms with van der Waals surface area (Å²) in [4.78, 5) is 37.2. The number of ether oxygens (including phenoxy) is 1. The van der Waals surface area contributed by atoms with Crippen molar-refractivity contribution >= 4 is 46.0 Å². The molecule has 1 N–H and O–H groups in total. The molecule has 4 rings (SSSR count). The van der Waals surface area contributed by atoms with Crippen molar-refractivity contribution < 1.29 is 14.3 Å². The first-order valence-corrected chi connectivity index (χ1v) is 11.5. The summed E-state index contributed by atoms with van der Waals surface area (Å²) in [5.41, 5.74) is 2.24. The van der Waals surface area contributed by atoms with Crippen LogP contribution in [0.5, 0.6) is 5.75 Å². The Labute approximate surface area is 192 Å². The quantitative estimate of drug-likeness (QED) is 0.704. The molecule has 2 aromatic rings. The van der Waals surface area contributed by atoms with Gasteiger partial charge >= 0.3 is 0 Å². The number of fused-ring (bicyclic) bond motifs is 3. The molecule has 0 bridgehead atoms. The van der Waals surface area contributed by atoms with Crippen LogP contribution in [-0.4, -0.2) is 46.1 Å². The van der Waals surface area contributed by atoms with Crippen LogP contribution in [0.15, 0.2) is 58.5 Å². The number of anilines is 1. The number of para-hydroxylation sites is 1. The van der Waals surface area contributed by atoms with Crippen molar-refractivity contribution in [3.63, 3.8) is 0 Å². The van der Waals surface area contributed by atoms with Crippen LogP contribution in [-0.2, 0) is 9.59 Å². The van der Waals surface area contributed by atoms with E-state index in [-0.39, 0.29) is 17.7 Å². The van der Waals surface area contributed by atoms with Gasteiger partial charge in [0.05, 0.1) is 18.0 Å². The molecule has 3 unspecified atom stereocenters. The number of carbonyl (C=O) groups excluding carboxylic acids is 2. The number of amidine groups is 2. The molecule has 0 aliphatic carbocycles. The van der Waals surface area contributed by atoms with Crippen LogP contribution in [0.3, 0.4) is 0 Å². The van der Waals surface area contributed by atoms with Gasteiger partial charge in [-0.15, -0.1) is 0 Å². The van der Waals surface area contributed by atoms with E-state index in [0.29, 0.717) is 22.4 Å². The van der Waals surface area contributed by atoms with Gasteiger partial charge in [-0.3, -0.25) is 14.6 Å². The number of benzene rings is 2. The molecular weight excluding hydrogens is 424 g/mol. The van der Waals surface area contributed by atoms with E-state index in [1.165, 1.54) is 11.8 Å². The van der Waals surface area contributed by atoms with Crippen molar-refractivity contribution in [2.45, 2.75) is 38.5 Å². The summed E-state index contributed by atoms with van der Waals surface area (Å²) < 4.78 is 5.22. The minimum absolute atomic E-state index is 0.0875. The first-order chi connectivity index (χ1) is 15.4. The minimum Gasteiger partial charge on any atom is -0.497 e. The largest absolute Gasteiger partial charge is 0.497 e. The molecule has 0 saturated carbocycles. The average Bonchev–Trinajstić information content (AvgIpc) is 3.16. The average molecular weight is 451 g/mol. The summed E-state index contributed by atoms with van der Waals surface area (Å²) in [5, 5.41) is 2.90. The van der Waals surface area contributed by atoms with Gasteiger partial charge in [0.2, 0.25) is 5.91 Å². The summed E-state index contributed by atoms with van der Waals surface area (Å²) in [6.45, 7) is 5.88. The molecule has 2 aliphatic heterocycles. The van der Waals surface area contributed by atoms with Gasteiger partial charge in [-0.25, -0.2) is 9.89 Å². The molecule has 0 aromatic heterocycles. The van der Waals surface area contributed by atoms with Crippen LogP contribution in [0.2, 0.25) is 0 Å². The van der Waals surface area contributed by atoms with E-state index in [1.807, 2.05) is 43.3 Å². The second-order valence-electron chi connectivity index (χ2n) is 7.85. The molecule has 0 radical (unpaired) electrons. The number of carbonyl (C=O) groups is 2. The molecule has 2 aliphatic rings. The highest BCUT2D eigenvalue weighted by atomic mass is 32.2. The highest BCUT2D eigenvalue weighted by molar-refractivity contribution is 8.15. The second kappa shape index (κ2) is 9.16. The van der Waals surface area contributed by atoms with Crippen molar-refractivity contribution in [1.29, 1.82) is 0 Å². The standard InChI is InChI=1S/C24H26N4O3S/c1-5-14(2)20-23(30)28-21(27-20)18-11-6-7-12-19(18)26-24(28)32-15(3)22(29)25-16-9-8-10-17(13-16)31-4/h6-15,20H,5H2,1-4H3,(H,25,29). The van der Waals surface area contributed by atoms with Crippen molar-refractivity contribution in [3.8, 4) is 5.75 Å². The van der Waals surface area contributed by atoms with Crippen LogP contribution in [0, 0.1) is 5.92 Å². The molecule has 166 valence electrons. The fourth-order valence-corrected chi connectivity index (χ4v) is 4.51.